The molecule has 1 aliphatic rings. The number of rotatable bonds is 4. The summed E-state index contributed by atoms with van der Waals surface area (Å²) in [4.78, 5) is 0. The Morgan fingerprint density at radius 3 is 1.50 bits per heavy atom. The van der Waals surface area contributed by atoms with E-state index in [1.165, 1.54) is 5.69 Å². The molecule has 0 bridgehead atoms. The van der Waals surface area contributed by atoms with E-state index in [4.69, 9.17) is 0 Å². The van der Waals surface area contributed by atoms with Gasteiger partial charge < -0.3 is 5.01 Å². The highest BCUT2D eigenvalue weighted by Crippen LogP contribution is 2.56. The molecule has 0 aromatic heterocycles. The van der Waals surface area contributed by atoms with E-state index in [-0.39, 0.29) is 0 Å². The van der Waals surface area contributed by atoms with Crippen molar-refractivity contribution in [3.05, 3.63) is 30.3 Å². The van der Waals surface area contributed by atoms with Crippen molar-refractivity contribution in [3.8, 4) is 0 Å². The first-order valence-electron chi connectivity index (χ1n) is 9.26. The summed E-state index contributed by atoms with van der Waals surface area (Å²) in [6.07, 6.45) is 0. The summed E-state index contributed by atoms with van der Waals surface area (Å²) in [6.45, 7) is 28.6. The molecule has 2 nitrogen and oxygen atoms in total. The average molecular weight is 395 g/mol. The van der Waals surface area contributed by atoms with Crippen molar-refractivity contribution in [2.75, 3.05) is 5.01 Å². The van der Waals surface area contributed by atoms with E-state index in [1.54, 1.807) is 0 Å². The Hall–Kier alpha value is -0.152. The van der Waals surface area contributed by atoms with Gasteiger partial charge in [-0.25, -0.2) is 0 Å². The molecule has 1 aromatic carbocycles. The van der Waals surface area contributed by atoms with Crippen LogP contribution in [0.5, 0.6) is 0 Å². The van der Waals surface area contributed by atoms with Crippen LogP contribution in [0.1, 0.15) is 0 Å². The van der Waals surface area contributed by atoms with E-state index < -0.39 is 32.6 Å². The maximum Gasteiger partial charge on any atom is 0.157 e. The van der Waals surface area contributed by atoms with Crippen molar-refractivity contribution in [1.29, 1.82) is 0 Å². The molecule has 0 radical (unpaired) electrons. The van der Waals surface area contributed by atoms with Gasteiger partial charge in [-0.05, 0) is 12.1 Å². The Bertz CT molecular complexity index is 580. The van der Waals surface area contributed by atoms with Gasteiger partial charge in [0.25, 0.3) is 0 Å². The molecule has 24 heavy (non-hydrogen) atoms. The summed E-state index contributed by atoms with van der Waals surface area (Å²) in [5.74, 6) is 0. The van der Waals surface area contributed by atoms with E-state index in [2.05, 4.69) is 112 Å². The molecule has 1 aliphatic heterocycles. The first kappa shape index (κ1) is 20.2. The zero-order valence-electron chi connectivity index (χ0n) is 17.8. The van der Waals surface area contributed by atoms with Crippen LogP contribution in [0.25, 0.3) is 0 Å². The second-order valence-electron chi connectivity index (χ2n) is 10.9. The lowest BCUT2D eigenvalue weighted by atomic mass is 10.3. The summed E-state index contributed by atoms with van der Waals surface area (Å²) in [7, 11) is -5.87. The maximum absolute atomic E-state index is 2.94. The van der Waals surface area contributed by atoms with Gasteiger partial charge in [-0.15, -0.1) is 0 Å². The van der Waals surface area contributed by atoms with Crippen molar-refractivity contribution < 1.29 is 0 Å². The minimum atomic E-state index is -1.57. The van der Waals surface area contributed by atoms with Crippen LogP contribution in [0.3, 0.4) is 0 Å². The molecule has 0 unspecified atom stereocenters. The fraction of sp³-hybridized carbons (Fsp3) is 0.667. The highest BCUT2D eigenvalue weighted by Gasteiger charge is 2.77. The van der Waals surface area contributed by atoms with E-state index in [0.717, 1.165) is 0 Å². The van der Waals surface area contributed by atoms with E-state index in [1.807, 2.05) is 0 Å². The van der Waals surface area contributed by atoms with E-state index in [0.29, 0.717) is 4.41 Å². The number of benzene rings is 1. The second kappa shape index (κ2) is 5.67. The molecule has 0 aliphatic carbocycles. The number of hydrazine groups is 1. The van der Waals surface area contributed by atoms with Gasteiger partial charge in [0.05, 0.1) is 21.8 Å². The number of nitrogens with zero attached hydrogens (tertiary/aromatic N) is 2. The maximum atomic E-state index is 2.94. The molecule has 1 heterocycles. The molecule has 0 amide bonds. The number of hydrogen-bond acceptors (Lipinski definition) is 2. The number of hydrogen-bond donors (Lipinski definition) is 0. The van der Waals surface area contributed by atoms with Crippen LogP contribution in [-0.4, -0.2) is 41.4 Å². The predicted molar refractivity (Wildman–Crippen MR) is 121 cm³/mol. The SMILES string of the molecule is C[Si](C)(C)N1N(c2ccccc2)C([Si](C)(C)C)([Si](C)(C)C)[Si]1(C)C. The van der Waals surface area contributed by atoms with Gasteiger partial charge in [0.1, 0.15) is 8.24 Å². The fourth-order valence-electron chi connectivity index (χ4n) is 6.38. The monoisotopic (exact) mass is 394 g/mol. The third-order valence-electron chi connectivity index (χ3n) is 5.74. The first-order valence-corrected chi connectivity index (χ1v) is 22.6. The Morgan fingerprint density at radius 2 is 1.17 bits per heavy atom. The standard InChI is InChI=1S/C18H38N2Si4/c1-21(2,3)18(22(4,5)6)19(17-15-13-12-14-16-17)20(23(7,8)9)24(18,10)11/h12-16H,1-11H3. The molecule has 0 N–H and O–H groups in total. The Labute approximate surface area is 154 Å². The third kappa shape index (κ3) is 2.56. The van der Waals surface area contributed by atoms with Crippen LogP contribution in [0, 0.1) is 0 Å². The molecule has 1 fully saturated rings. The molecular weight excluding hydrogens is 357 g/mol. The molecule has 0 spiro atoms. The van der Waals surface area contributed by atoms with Crippen LogP contribution in [0.4, 0.5) is 5.69 Å². The summed E-state index contributed by atoms with van der Waals surface area (Å²) in [6, 6.07) is 11.3. The van der Waals surface area contributed by atoms with Crippen LogP contribution in [0.15, 0.2) is 30.3 Å². The van der Waals surface area contributed by atoms with E-state index in [9.17, 15) is 0 Å². The van der Waals surface area contributed by atoms with Gasteiger partial charge >= 0.3 is 0 Å². The molecule has 2 rings (SSSR count). The summed E-state index contributed by atoms with van der Waals surface area (Å²) in [5, 5.41) is 2.85. The van der Waals surface area contributed by atoms with Gasteiger partial charge in [-0.3, -0.25) is 4.34 Å². The normalized spacial score (nSPS) is 21.5. The van der Waals surface area contributed by atoms with Crippen molar-refractivity contribution >= 4 is 38.3 Å². The van der Waals surface area contributed by atoms with Gasteiger partial charge in [0.15, 0.2) is 8.24 Å². The minimum Gasteiger partial charge on any atom is -0.319 e. The smallest absolute Gasteiger partial charge is 0.157 e. The molecule has 0 atom stereocenters. The van der Waals surface area contributed by atoms with E-state index >= 15 is 0 Å². The topological polar surface area (TPSA) is 6.48 Å². The Kier molecular flexibility index (Phi) is 4.77. The molecule has 1 aromatic rings. The van der Waals surface area contributed by atoms with Crippen LogP contribution < -0.4 is 5.01 Å². The summed E-state index contributed by atoms with van der Waals surface area (Å²) in [5.41, 5.74) is 1.43. The van der Waals surface area contributed by atoms with Crippen molar-refractivity contribution in [2.24, 2.45) is 0 Å². The molecule has 1 saturated heterocycles. The summed E-state index contributed by atoms with van der Waals surface area (Å²) < 4.78 is 3.39. The lowest BCUT2D eigenvalue weighted by molar-refractivity contribution is 0.428. The first-order chi connectivity index (χ1) is 10.6. The zero-order valence-corrected chi connectivity index (χ0v) is 21.8. The lowest BCUT2D eigenvalue weighted by Gasteiger charge is -2.81. The quantitative estimate of drug-likeness (QED) is 0.596. The van der Waals surface area contributed by atoms with Crippen LogP contribution in [0.2, 0.25) is 72.0 Å². The molecule has 6 heteroatoms. The predicted octanol–water partition coefficient (Wildman–Crippen LogP) is 5.80. The van der Waals surface area contributed by atoms with Crippen molar-refractivity contribution in [2.45, 2.75) is 76.4 Å². The highest BCUT2D eigenvalue weighted by molar-refractivity contribution is 7.19. The second-order valence-corrected chi connectivity index (χ2v) is 32.3. The van der Waals surface area contributed by atoms with Crippen LogP contribution in [-0.2, 0) is 0 Å². The fourth-order valence-corrected chi connectivity index (χ4v) is 43.3. The number of anilines is 1. The van der Waals surface area contributed by atoms with Gasteiger partial charge in [0.2, 0.25) is 0 Å². The van der Waals surface area contributed by atoms with Crippen molar-refractivity contribution in [3.63, 3.8) is 0 Å². The lowest BCUT2D eigenvalue weighted by Crippen LogP contribution is -3.03. The average Bonchev–Trinajstić information content (AvgIpc) is 2.31. The largest absolute Gasteiger partial charge is 0.319 e. The van der Waals surface area contributed by atoms with Gasteiger partial charge in [0, 0.05) is 4.41 Å². The molecule has 136 valence electrons. The zero-order chi connectivity index (χ0) is 18.8. The van der Waals surface area contributed by atoms with Gasteiger partial charge in [-0.2, -0.15) is 0 Å². The Morgan fingerprint density at radius 1 is 0.750 bits per heavy atom. The van der Waals surface area contributed by atoms with Crippen LogP contribution >= 0.6 is 0 Å². The molecular formula is C18H38N2Si4. The minimum absolute atomic E-state index is 0.453. The highest BCUT2D eigenvalue weighted by atomic mass is 28.5. The number of para-hydroxylation sites is 1. The third-order valence-corrected chi connectivity index (χ3v) is 31.6. The summed E-state index contributed by atoms with van der Waals surface area (Å²) >= 11 is 0. The Balaban J connectivity index is 2.81. The van der Waals surface area contributed by atoms with Crippen molar-refractivity contribution in [1.82, 2.24) is 4.34 Å². The van der Waals surface area contributed by atoms with Gasteiger partial charge in [-0.1, -0.05) is 90.2 Å². The molecule has 0 saturated carbocycles.